The number of hydrogen-bond acceptors (Lipinski definition) is 3. The van der Waals surface area contributed by atoms with Crippen LogP contribution in [0, 0.1) is 0 Å². The fourth-order valence-corrected chi connectivity index (χ4v) is 2.72. The lowest BCUT2D eigenvalue weighted by atomic mass is 9.97. The lowest BCUT2D eigenvalue weighted by molar-refractivity contribution is 0.434. The van der Waals surface area contributed by atoms with Crippen LogP contribution in [0.5, 0.6) is 0 Å². The van der Waals surface area contributed by atoms with Crippen LogP contribution in [-0.2, 0) is 6.54 Å². The molecule has 0 aliphatic carbocycles. The van der Waals surface area contributed by atoms with Gasteiger partial charge in [-0.05, 0) is 38.9 Å². The predicted octanol–water partition coefficient (Wildman–Crippen LogP) is 1.92. The molecule has 0 unspecified atom stereocenters. The van der Waals surface area contributed by atoms with Crippen LogP contribution in [0.1, 0.15) is 31.5 Å². The Morgan fingerprint density at radius 1 is 1.41 bits per heavy atom. The van der Waals surface area contributed by atoms with E-state index in [9.17, 15) is 0 Å². The summed E-state index contributed by atoms with van der Waals surface area (Å²) in [6, 6.07) is 2.07. The number of imidazole rings is 1. The first-order valence-corrected chi connectivity index (χ1v) is 6.41. The number of piperidine rings is 1. The highest BCUT2D eigenvalue weighted by atomic mass is 15.1. The topological polar surface area (TPSA) is 42.7 Å². The Labute approximate surface area is 101 Å². The molecule has 0 atom stereocenters. The molecule has 2 aromatic heterocycles. The Morgan fingerprint density at radius 2 is 2.24 bits per heavy atom. The van der Waals surface area contributed by atoms with E-state index >= 15 is 0 Å². The molecular weight excluding hydrogens is 212 g/mol. The molecule has 3 rings (SSSR count). The number of fused-ring (bicyclic) bond motifs is 1. The number of nitrogens with one attached hydrogen (secondary N) is 1. The Hall–Kier alpha value is -1.42. The summed E-state index contributed by atoms with van der Waals surface area (Å²) < 4.78 is 2.34. The van der Waals surface area contributed by atoms with E-state index in [0.717, 1.165) is 25.2 Å². The average molecular weight is 230 g/mol. The van der Waals surface area contributed by atoms with Crippen molar-refractivity contribution in [2.45, 2.75) is 32.2 Å². The van der Waals surface area contributed by atoms with Crippen LogP contribution in [-0.4, -0.2) is 27.6 Å². The van der Waals surface area contributed by atoms with Crippen molar-refractivity contribution < 1.29 is 0 Å². The molecule has 3 heterocycles. The number of rotatable bonds is 2. The normalized spacial score (nSPS) is 17.7. The second kappa shape index (κ2) is 4.45. The second-order valence-electron chi connectivity index (χ2n) is 4.60. The van der Waals surface area contributed by atoms with Gasteiger partial charge in [-0.1, -0.05) is 0 Å². The highest BCUT2D eigenvalue weighted by molar-refractivity contribution is 5.74. The van der Waals surface area contributed by atoms with Crippen molar-refractivity contribution in [1.82, 2.24) is 19.9 Å². The predicted molar refractivity (Wildman–Crippen MR) is 68.0 cm³/mol. The van der Waals surface area contributed by atoms with E-state index in [-0.39, 0.29) is 0 Å². The van der Waals surface area contributed by atoms with Crippen molar-refractivity contribution in [2.75, 3.05) is 13.1 Å². The van der Waals surface area contributed by atoms with Crippen molar-refractivity contribution in [3.8, 4) is 0 Å². The molecule has 1 aliphatic rings. The number of nitrogens with zero attached hydrogens (tertiary/aromatic N) is 3. The van der Waals surface area contributed by atoms with E-state index in [1.807, 2.05) is 12.4 Å². The summed E-state index contributed by atoms with van der Waals surface area (Å²) in [6.07, 6.45) is 6.10. The zero-order valence-electron chi connectivity index (χ0n) is 10.2. The standard InChI is InChI=1S/C13H18N4/c1-2-17-12-5-8-15-9-11(12)16-13(17)10-3-6-14-7-4-10/h5,8-10,14H,2-4,6-7H2,1H3. The van der Waals surface area contributed by atoms with Crippen molar-refractivity contribution in [1.29, 1.82) is 0 Å². The minimum Gasteiger partial charge on any atom is -0.328 e. The molecule has 1 saturated heterocycles. The quantitative estimate of drug-likeness (QED) is 0.857. The summed E-state index contributed by atoms with van der Waals surface area (Å²) in [7, 11) is 0. The highest BCUT2D eigenvalue weighted by Gasteiger charge is 2.21. The molecule has 0 amide bonds. The zero-order valence-corrected chi connectivity index (χ0v) is 10.2. The van der Waals surface area contributed by atoms with Gasteiger partial charge in [-0.2, -0.15) is 0 Å². The van der Waals surface area contributed by atoms with Crippen LogP contribution in [0.3, 0.4) is 0 Å². The maximum absolute atomic E-state index is 4.78. The Kier molecular flexibility index (Phi) is 2.81. The van der Waals surface area contributed by atoms with Gasteiger partial charge in [-0.25, -0.2) is 4.98 Å². The van der Waals surface area contributed by atoms with Crippen LogP contribution in [0.2, 0.25) is 0 Å². The number of aryl methyl sites for hydroxylation is 1. The van der Waals surface area contributed by atoms with Gasteiger partial charge in [0.05, 0.1) is 11.7 Å². The SMILES string of the molecule is CCn1c(C2CCNCC2)nc2cnccc21. The molecule has 0 bridgehead atoms. The molecule has 1 N–H and O–H groups in total. The van der Waals surface area contributed by atoms with Crippen molar-refractivity contribution in [3.63, 3.8) is 0 Å². The highest BCUT2D eigenvalue weighted by Crippen LogP contribution is 2.27. The smallest absolute Gasteiger partial charge is 0.113 e. The van der Waals surface area contributed by atoms with Gasteiger partial charge < -0.3 is 9.88 Å². The minimum absolute atomic E-state index is 0.601. The van der Waals surface area contributed by atoms with E-state index in [4.69, 9.17) is 4.98 Å². The monoisotopic (exact) mass is 230 g/mol. The van der Waals surface area contributed by atoms with Gasteiger partial charge in [0.15, 0.2) is 0 Å². The van der Waals surface area contributed by atoms with E-state index in [2.05, 4.69) is 27.9 Å². The van der Waals surface area contributed by atoms with Crippen LogP contribution in [0.25, 0.3) is 11.0 Å². The molecule has 0 spiro atoms. The van der Waals surface area contributed by atoms with Gasteiger partial charge in [0.1, 0.15) is 11.3 Å². The molecule has 1 aliphatic heterocycles. The van der Waals surface area contributed by atoms with Gasteiger partial charge in [-0.15, -0.1) is 0 Å². The largest absolute Gasteiger partial charge is 0.328 e. The third kappa shape index (κ3) is 1.82. The zero-order chi connectivity index (χ0) is 11.7. The lowest BCUT2D eigenvalue weighted by Crippen LogP contribution is -2.28. The summed E-state index contributed by atoms with van der Waals surface area (Å²) in [6.45, 7) is 5.39. The molecule has 2 aromatic rings. The van der Waals surface area contributed by atoms with Crippen LogP contribution >= 0.6 is 0 Å². The third-order valence-corrected chi connectivity index (χ3v) is 3.60. The van der Waals surface area contributed by atoms with Crippen molar-refractivity contribution in [2.24, 2.45) is 0 Å². The van der Waals surface area contributed by atoms with Crippen LogP contribution in [0.4, 0.5) is 0 Å². The average Bonchev–Trinajstić information content (AvgIpc) is 2.78. The molecule has 4 heteroatoms. The first-order chi connectivity index (χ1) is 8.40. The molecule has 1 fully saturated rings. The molecule has 90 valence electrons. The molecule has 0 saturated carbocycles. The second-order valence-corrected chi connectivity index (χ2v) is 4.60. The molecule has 0 aromatic carbocycles. The summed E-state index contributed by atoms with van der Waals surface area (Å²) in [5.41, 5.74) is 2.25. The number of pyridine rings is 1. The first-order valence-electron chi connectivity index (χ1n) is 6.41. The van der Waals surface area contributed by atoms with Gasteiger partial charge in [0, 0.05) is 18.7 Å². The van der Waals surface area contributed by atoms with E-state index < -0.39 is 0 Å². The van der Waals surface area contributed by atoms with E-state index in [1.54, 1.807) is 0 Å². The molecule has 17 heavy (non-hydrogen) atoms. The maximum Gasteiger partial charge on any atom is 0.113 e. The van der Waals surface area contributed by atoms with Gasteiger partial charge in [0.2, 0.25) is 0 Å². The van der Waals surface area contributed by atoms with Crippen LogP contribution < -0.4 is 5.32 Å². The number of aromatic nitrogens is 3. The lowest BCUT2D eigenvalue weighted by Gasteiger charge is -2.22. The summed E-state index contributed by atoms with van der Waals surface area (Å²) in [5.74, 6) is 1.85. The minimum atomic E-state index is 0.601. The van der Waals surface area contributed by atoms with Gasteiger partial charge in [-0.3, -0.25) is 4.98 Å². The van der Waals surface area contributed by atoms with Crippen molar-refractivity contribution in [3.05, 3.63) is 24.3 Å². The summed E-state index contributed by atoms with van der Waals surface area (Å²) in [4.78, 5) is 8.94. The Bertz CT molecular complexity index is 511. The third-order valence-electron chi connectivity index (χ3n) is 3.60. The number of hydrogen-bond donors (Lipinski definition) is 1. The molecule has 4 nitrogen and oxygen atoms in total. The summed E-state index contributed by atoms with van der Waals surface area (Å²) >= 11 is 0. The molecular formula is C13H18N4. The fourth-order valence-electron chi connectivity index (χ4n) is 2.72. The Morgan fingerprint density at radius 3 is 3.00 bits per heavy atom. The molecule has 0 radical (unpaired) electrons. The van der Waals surface area contributed by atoms with Crippen molar-refractivity contribution >= 4 is 11.0 Å². The Balaban J connectivity index is 2.08. The van der Waals surface area contributed by atoms with E-state index in [0.29, 0.717) is 5.92 Å². The van der Waals surface area contributed by atoms with Crippen LogP contribution in [0.15, 0.2) is 18.5 Å². The van der Waals surface area contributed by atoms with E-state index in [1.165, 1.54) is 24.2 Å². The fraction of sp³-hybridized carbons (Fsp3) is 0.538. The first kappa shape index (κ1) is 10.7. The van der Waals surface area contributed by atoms with Gasteiger partial charge in [0.25, 0.3) is 0 Å². The summed E-state index contributed by atoms with van der Waals surface area (Å²) in [5, 5.41) is 3.41. The van der Waals surface area contributed by atoms with Gasteiger partial charge >= 0.3 is 0 Å². The maximum atomic E-state index is 4.78.